The van der Waals surface area contributed by atoms with E-state index in [0.29, 0.717) is 9.90 Å². The number of amides is 1. The van der Waals surface area contributed by atoms with Gasteiger partial charge in [0.15, 0.2) is 17.7 Å². The van der Waals surface area contributed by atoms with Crippen LogP contribution in [0, 0.1) is 0 Å². The molecule has 1 unspecified atom stereocenters. The first-order chi connectivity index (χ1) is 11.9. The summed E-state index contributed by atoms with van der Waals surface area (Å²) in [6.07, 6.45) is 0.195. The predicted molar refractivity (Wildman–Crippen MR) is 96.3 cm³/mol. The van der Waals surface area contributed by atoms with E-state index in [-0.39, 0.29) is 29.5 Å². The number of nitrogens with one attached hydrogen (secondary N) is 1. The zero-order valence-corrected chi connectivity index (χ0v) is 15.5. The van der Waals surface area contributed by atoms with Crippen molar-refractivity contribution in [2.24, 2.45) is 0 Å². The second-order valence-electron chi connectivity index (χ2n) is 5.01. The molecule has 1 amide bonds. The second-order valence-corrected chi connectivity index (χ2v) is 6.80. The number of pyridine rings is 1. The van der Waals surface area contributed by atoms with Gasteiger partial charge in [-0.05, 0) is 24.4 Å². The van der Waals surface area contributed by atoms with Crippen LogP contribution in [0.3, 0.4) is 0 Å². The molecule has 0 bridgehead atoms. The lowest BCUT2D eigenvalue weighted by Gasteiger charge is -2.13. The highest BCUT2D eigenvalue weighted by molar-refractivity contribution is 7.12. The van der Waals surface area contributed by atoms with Gasteiger partial charge in [-0.1, -0.05) is 29.3 Å². The number of hydrogen-bond acceptors (Lipinski definition) is 6. The van der Waals surface area contributed by atoms with Crippen molar-refractivity contribution in [2.45, 2.75) is 25.9 Å². The number of carbonyl (C=O) groups excluding carboxylic acids is 3. The number of nitrogens with zero attached hydrogens (tertiary/aromatic N) is 1. The Morgan fingerprint density at radius 1 is 1.32 bits per heavy atom. The molecule has 0 saturated heterocycles. The van der Waals surface area contributed by atoms with Crippen molar-refractivity contribution in [3.05, 3.63) is 44.7 Å². The summed E-state index contributed by atoms with van der Waals surface area (Å²) >= 11 is 12.9. The van der Waals surface area contributed by atoms with Crippen molar-refractivity contribution in [3.8, 4) is 0 Å². The smallest absolute Gasteiger partial charge is 0.307 e. The zero-order valence-electron chi connectivity index (χ0n) is 13.1. The summed E-state index contributed by atoms with van der Waals surface area (Å²) in [5.41, 5.74) is 0. The Labute approximate surface area is 158 Å². The number of rotatable bonds is 7. The number of carbonyl (C=O) groups is 3. The largest absolute Gasteiger partial charge is 0.453 e. The number of anilines is 1. The third kappa shape index (κ3) is 5.81. The molecule has 25 heavy (non-hydrogen) atoms. The van der Waals surface area contributed by atoms with Gasteiger partial charge in [0.25, 0.3) is 5.91 Å². The van der Waals surface area contributed by atoms with Crippen LogP contribution in [0.25, 0.3) is 0 Å². The lowest BCUT2D eigenvalue weighted by Crippen LogP contribution is -2.30. The van der Waals surface area contributed by atoms with E-state index in [2.05, 4.69) is 10.3 Å². The number of Topliss-reactive ketones (excluding diaryl/α,β-unsaturated/α-hetero) is 1. The minimum Gasteiger partial charge on any atom is -0.453 e. The van der Waals surface area contributed by atoms with E-state index in [9.17, 15) is 14.4 Å². The first kappa shape index (κ1) is 19.4. The van der Waals surface area contributed by atoms with Gasteiger partial charge in [0.2, 0.25) is 0 Å². The fourth-order valence-corrected chi connectivity index (χ4v) is 2.93. The standard InChI is InChI=1S/C16H14Cl2N2O4S/c1-9(16(23)20-15-11(18)7-10(17)8-19-15)24-14(22)5-4-12(21)13-3-2-6-25-13/h2-3,6-9H,4-5H2,1H3,(H,19,20,23). The Hall–Kier alpha value is -1.96. The van der Waals surface area contributed by atoms with Crippen molar-refractivity contribution in [2.75, 3.05) is 5.32 Å². The Bertz CT molecular complexity index is 780. The minimum absolute atomic E-state index is 0.0260. The molecule has 6 nitrogen and oxygen atoms in total. The van der Waals surface area contributed by atoms with E-state index in [4.69, 9.17) is 27.9 Å². The van der Waals surface area contributed by atoms with Crippen LogP contribution in [0.4, 0.5) is 5.82 Å². The molecule has 0 aromatic carbocycles. The molecule has 1 atom stereocenters. The number of aromatic nitrogens is 1. The van der Waals surface area contributed by atoms with Gasteiger partial charge in [0, 0.05) is 12.6 Å². The van der Waals surface area contributed by atoms with Crippen LogP contribution < -0.4 is 5.32 Å². The van der Waals surface area contributed by atoms with Crippen molar-refractivity contribution in [3.63, 3.8) is 0 Å². The fraction of sp³-hybridized carbons (Fsp3) is 0.250. The molecule has 2 rings (SSSR count). The molecule has 0 spiro atoms. The summed E-state index contributed by atoms with van der Waals surface area (Å²) in [6.45, 7) is 1.41. The van der Waals surface area contributed by atoms with Crippen LogP contribution in [0.15, 0.2) is 29.8 Å². The molecule has 0 aliphatic carbocycles. The van der Waals surface area contributed by atoms with Crippen molar-refractivity contribution in [1.29, 1.82) is 0 Å². The van der Waals surface area contributed by atoms with E-state index in [1.54, 1.807) is 17.5 Å². The normalized spacial score (nSPS) is 11.6. The van der Waals surface area contributed by atoms with Gasteiger partial charge < -0.3 is 10.1 Å². The predicted octanol–water partition coefficient (Wildman–Crippen LogP) is 3.98. The number of ether oxygens (including phenoxy) is 1. The highest BCUT2D eigenvalue weighted by Gasteiger charge is 2.20. The summed E-state index contributed by atoms with van der Waals surface area (Å²) in [5, 5.41) is 4.73. The maximum Gasteiger partial charge on any atom is 0.307 e. The van der Waals surface area contributed by atoms with Crippen LogP contribution in [-0.4, -0.2) is 28.7 Å². The van der Waals surface area contributed by atoms with Gasteiger partial charge in [-0.25, -0.2) is 4.98 Å². The molecule has 132 valence electrons. The molecule has 2 heterocycles. The van der Waals surface area contributed by atoms with Gasteiger partial charge in [0.1, 0.15) is 0 Å². The number of hydrogen-bond donors (Lipinski definition) is 1. The molecular weight excluding hydrogens is 387 g/mol. The quantitative estimate of drug-likeness (QED) is 0.560. The zero-order chi connectivity index (χ0) is 18.4. The van der Waals surface area contributed by atoms with Crippen LogP contribution in [-0.2, 0) is 14.3 Å². The molecule has 0 radical (unpaired) electrons. The molecule has 2 aromatic heterocycles. The van der Waals surface area contributed by atoms with Crippen molar-refractivity contribution in [1.82, 2.24) is 4.98 Å². The number of thiophene rings is 1. The lowest BCUT2D eigenvalue weighted by atomic mass is 10.2. The van der Waals surface area contributed by atoms with Crippen LogP contribution in [0.1, 0.15) is 29.4 Å². The van der Waals surface area contributed by atoms with Crippen molar-refractivity contribution >= 4 is 58.0 Å². The highest BCUT2D eigenvalue weighted by atomic mass is 35.5. The Kier molecular flexibility index (Phi) is 6.92. The molecular formula is C16H14Cl2N2O4S. The Balaban J connectivity index is 1.81. The molecule has 9 heteroatoms. The molecule has 0 aliphatic rings. The number of esters is 1. The van der Waals surface area contributed by atoms with E-state index in [0.717, 1.165) is 0 Å². The first-order valence-corrected chi connectivity index (χ1v) is 8.88. The first-order valence-electron chi connectivity index (χ1n) is 7.25. The maximum absolute atomic E-state index is 12.0. The number of halogens is 2. The highest BCUT2D eigenvalue weighted by Crippen LogP contribution is 2.22. The van der Waals surface area contributed by atoms with Crippen LogP contribution in [0.5, 0.6) is 0 Å². The summed E-state index contributed by atoms with van der Waals surface area (Å²) in [6, 6.07) is 4.88. The SMILES string of the molecule is CC(OC(=O)CCC(=O)c1cccs1)C(=O)Nc1ncc(Cl)cc1Cl. The van der Waals surface area contributed by atoms with E-state index in [1.165, 1.54) is 30.5 Å². The third-order valence-electron chi connectivity index (χ3n) is 3.08. The average molecular weight is 401 g/mol. The summed E-state index contributed by atoms with van der Waals surface area (Å²) in [4.78, 5) is 40.1. The van der Waals surface area contributed by atoms with Gasteiger partial charge in [-0.15, -0.1) is 11.3 Å². The third-order valence-corrected chi connectivity index (χ3v) is 4.48. The van der Waals surface area contributed by atoms with Crippen molar-refractivity contribution < 1.29 is 19.1 Å². The lowest BCUT2D eigenvalue weighted by molar-refractivity contribution is -0.153. The second kappa shape index (κ2) is 8.94. The van der Waals surface area contributed by atoms with E-state index >= 15 is 0 Å². The fourth-order valence-electron chi connectivity index (χ4n) is 1.81. The topological polar surface area (TPSA) is 85.4 Å². The van der Waals surface area contributed by atoms with E-state index < -0.39 is 18.0 Å². The minimum atomic E-state index is -1.06. The molecule has 1 N–H and O–H groups in total. The van der Waals surface area contributed by atoms with Crippen LogP contribution in [0.2, 0.25) is 10.0 Å². The summed E-state index contributed by atoms with van der Waals surface area (Å²) < 4.78 is 5.02. The molecule has 0 fully saturated rings. The Morgan fingerprint density at radius 2 is 2.08 bits per heavy atom. The van der Waals surface area contributed by atoms with Gasteiger partial charge in [0.05, 0.1) is 21.3 Å². The summed E-state index contributed by atoms with van der Waals surface area (Å²) in [7, 11) is 0. The molecule has 2 aromatic rings. The van der Waals surface area contributed by atoms with Gasteiger partial charge in [-0.3, -0.25) is 14.4 Å². The summed E-state index contributed by atoms with van der Waals surface area (Å²) in [5.74, 6) is -1.24. The molecule has 0 aliphatic heterocycles. The molecule has 0 saturated carbocycles. The Morgan fingerprint density at radius 3 is 2.72 bits per heavy atom. The van der Waals surface area contributed by atoms with Gasteiger partial charge in [-0.2, -0.15) is 0 Å². The monoisotopic (exact) mass is 400 g/mol. The number of ketones is 1. The maximum atomic E-state index is 12.0. The van der Waals surface area contributed by atoms with E-state index in [1.807, 2.05) is 0 Å². The average Bonchev–Trinajstić information content (AvgIpc) is 3.09. The van der Waals surface area contributed by atoms with Crippen LogP contribution >= 0.6 is 34.5 Å². The van der Waals surface area contributed by atoms with Gasteiger partial charge >= 0.3 is 5.97 Å².